The van der Waals surface area contributed by atoms with E-state index in [0.717, 1.165) is 5.25 Å². The fraction of sp³-hybridized carbons (Fsp3) is 1.00. The molecule has 0 aromatic carbocycles. The molecule has 54 valence electrons. The van der Waals surface area contributed by atoms with Gasteiger partial charge in [-0.1, -0.05) is 11.9 Å². The minimum absolute atomic E-state index is 0.875. The van der Waals surface area contributed by atoms with E-state index in [1.165, 1.54) is 19.5 Å². The summed E-state index contributed by atoms with van der Waals surface area (Å²) in [7, 11) is 4.23. The lowest BCUT2D eigenvalue weighted by atomic mass is 10.4. The minimum atomic E-state index is 0.875. The molecule has 1 saturated heterocycles. The molecule has 1 fully saturated rings. The van der Waals surface area contributed by atoms with E-state index in [9.17, 15) is 0 Å². The predicted octanol–water partition coefficient (Wildman–Crippen LogP) is -0.468. The summed E-state index contributed by atoms with van der Waals surface area (Å²) in [6.07, 6.45) is 1.38. The molecule has 3 heteroatoms. The van der Waals surface area contributed by atoms with Crippen LogP contribution in [-0.2, 0) is 0 Å². The van der Waals surface area contributed by atoms with Crippen molar-refractivity contribution in [3.8, 4) is 0 Å². The van der Waals surface area contributed by atoms with E-state index >= 15 is 0 Å². The van der Waals surface area contributed by atoms with Gasteiger partial charge in [0.1, 0.15) is 0 Å². The molecular formula is C6H15N2S+. The first-order valence-electron chi connectivity index (χ1n) is 3.45. The molecule has 0 aromatic rings. The summed E-state index contributed by atoms with van der Waals surface area (Å²) in [5, 5.41) is 3.27. The highest BCUT2D eigenvalue weighted by Gasteiger charge is 2.18. The topological polar surface area (TPSA) is 19.9 Å². The Balaban J connectivity index is 2.11. The largest absolute Gasteiger partial charge is 0.345 e. The fourth-order valence-electron chi connectivity index (χ4n) is 1.12. The van der Waals surface area contributed by atoms with Gasteiger partial charge in [0.25, 0.3) is 0 Å². The highest BCUT2D eigenvalue weighted by Crippen LogP contribution is 2.15. The summed E-state index contributed by atoms with van der Waals surface area (Å²) >= 11 is 1.96. The summed E-state index contributed by atoms with van der Waals surface area (Å²) < 4.78 is 2.20. The highest BCUT2D eigenvalue weighted by molar-refractivity contribution is 7.97. The van der Waals surface area contributed by atoms with Crippen LogP contribution < -0.4 is 5.32 Å². The van der Waals surface area contributed by atoms with Gasteiger partial charge >= 0.3 is 0 Å². The van der Waals surface area contributed by atoms with Gasteiger partial charge in [-0.15, -0.1) is 0 Å². The molecule has 0 bridgehead atoms. The molecule has 1 aliphatic rings. The minimum Gasteiger partial charge on any atom is -0.345 e. The third-order valence-electron chi connectivity index (χ3n) is 1.48. The van der Waals surface area contributed by atoms with E-state index in [1.807, 2.05) is 11.9 Å². The Bertz CT molecular complexity index is 79.1. The maximum absolute atomic E-state index is 2.39. The van der Waals surface area contributed by atoms with E-state index in [-0.39, 0.29) is 0 Å². The van der Waals surface area contributed by atoms with E-state index < -0.39 is 0 Å². The van der Waals surface area contributed by atoms with Crippen molar-refractivity contribution in [1.82, 2.24) is 4.31 Å². The molecule has 1 heterocycles. The first kappa shape index (κ1) is 7.38. The normalized spacial score (nSPS) is 27.7. The van der Waals surface area contributed by atoms with Crippen molar-refractivity contribution in [2.75, 3.05) is 27.2 Å². The van der Waals surface area contributed by atoms with Crippen LogP contribution in [0.5, 0.6) is 0 Å². The number of hydrogen-bond acceptors (Lipinski definition) is 2. The van der Waals surface area contributed by atoms with Crippen LogP contribution in [0, 0.1) is 0 Å². The van der Waals surface area contributed by atoms with Crippen LogP contribution in [0.2, 0.25) is 0 Å². The lowest BCUT2D eigenvalue weighted by Gasteiger charge is -2.11. The Kier molecular flexibility index (Phi) is 2.82. The first-order chi connectivity index (χ1) is 4.29. The van der Waals surface area contributed by atoms with E-state index in [2.05, 4.69) is 23.7 Å². The predicted molar refractivity (Wildman–Crippen MR) is 41.3 cm³/mol. The quantitative estimate of drug-likeness (QED) is 0.533. The molecule has 1 unspecified atom stereocenters. The Morgan fingerprint density at radius 3 is 2.78 bits per heavy atom. The van der Waals surface area contributed by atoms with E-state index in [4.69, 9.17) is 0 Å². The maximum atomic E-state index is 2.39. The molecular weight excluding hydrogens is 132 g/mol. The summed E-state index contributed by atoms with van der Waals surface area (Å²) in [5.74, 6) is 0. The summed E-state index contributed by atoms with van der Waals surface area (Å²) in [5.41, 5.74) is 0. The molecule has 0 amide bonds. The fourth-order valence-corrected chi connectivity index (χ4v) is 2.18. The smallest absolute Gasteiger partial charge is 0.0891 e. The standard InChI is InChI=1S/C6H14N2S/c1-8(2)9-6-3-4-7-5-6/h6-7H,3-5H2,1-2H3/p+1. The van der Waals surface area contributed by atoms with Crippen molar-refractivity contribution < 1.29 is 5.32 Å². The van der Waals surface area contributed by atoms with Crippen molar-refractivity contribution in [3.05, 3.63) is 0 Å². The molecule has 0 spiro atoms. The summed E-state index contributed by atoms with van der Waals surface area (Å²) in [6.45, 7) is 2.63. The van der Waals surface area contributed by atoms with Gasteiger partial charge < -0.3 is 5.32 Å². The van der Waals surface area contributed by atoms with Gasteiger partial charge in [0.2, 0.25) is 0 Å². The lowest BCUT2D eigenvalue weighted by molar-refractivity contribution is -0.635. The van der Waals surface area contributed by atoms with Crippen molar-refractivity contribution in [2.45, 2.75) is 11.7 Å². The Hall–Kier alpha value is 0.270. The van der Waals surface area contributed by atoms with Crippen LogP contribution in [-0.4, -0.2) is 36.7 Å². The lowest BCUT2D eigenvalue weighted by Crippen LogP contribution is -2.81. The molecule has 1 rings (SSSR count). The Labute approximate surface area is 61.1 Å². The third-order valence-corrected chi connectivity index (χ3v) is 2.63. The van der Waals surface area contributed by atoms with Gasteiger partial charge in [-0.25, -0.2) is 0 Å². The van der Waals surface area contributed by atoms with Crippen LogP contribution in [0.3, 0.4) is 0 Å². The number of nitrogens with zero attached hydrogens (tertiary/aromatic N) is 1. The Morgan fingerprint density at radius 1 is 1.56 bits per heavy atom. The number of hydrogen-bond donors (Lipinski definition) is 1. The molecule has 1 aliphatic heterocycles. The molecule has 0 saturated carbocycles. The average molecular weight is 147 g/mol. The van der Waals surface area contributed by atoms with Crippen molar-refractivity contribution >= 4 is 11.9 Å². The van der Waals surface area contributed by atoms with Crippen LogP contribution >= 0.6 is 11.9 Å². The second kappa shape index (κ2) is 3.44. The van der Waals surface area contributed by atoms with Gasteiger partial charge in [0.15, 0.2) is 0 Å². The van der Waals surface area contributed by atoms with E-state index in [0.29, 0.717) is 0 Å². The number of nitrogens with two attached hydrogens (primary N) is 1. The van der Waals surface area contributed by atoms with Crippen LogP contribution in [0.15, 0.2) is 0 Å². The monoisotopic (exact) mass is 147 g/mol. The van der Waals surface area contributed by atoms with Crippen molar-refractivity contribution in [1.29, 1.82) is 0 Å². The zero-order chi connectivity index (χ0) is 6.69. The summed E-state index contributed by atoms with van der Waals surface area (Å²) in [4.78, 5) is 0. The second-order valence-electron chi connectivity index (χ2n) is 2.64. The van der Waals surface area contributed by atoms with Gasteiger partial charge in [0.05, 0.1) is 18.3 Å². The van der Waals surface area contributed by atoms with Crippen molar-refractivity contribution in [3.63, 3.8) is 0 Å². The number of rotatable bonds is 2. The molecule has 0 aromatic heterocycles. The molecule has 0 radical (unpaired) electrons. The van der Waals surface area contributed by atoms with Crippen LogP contribution in [0.25, 0.3) is 0 Å². The molecule has 1 atom stereocenters. The van der Waals surface area contributed by atoms with Crippen LogP contribution in [0.4, 0.5) is 0 Å². The molecule has 9 heavy (non-hydrogen) atoms. The van der Waals surface area contributed by atoms with Gasteiger partial charge in [-0.3, -0.25) is 4.31 Å². The van der Waals surface area contributed by atoms with Crippen molar-refractivity contribution in [2.24, 2.45) is 0 Å². The van der Waals surface area contributed by atoms with E-state index in [1.54, 1.807) is 0 Å². The zero-order valence-corrected chi connectivity index (χ0v) is 6.95. The molecule has 2 N–H and O–H groups in total. The average Bonchev–Trinajstić information content (AvgIpc) is 2.15. The molecule has 0 aliphatic carbocycles. The van der Waals surface area contributed by atoms with Gasteiger partial charge in [0, 0.05) is 6.42 Å². The zero-order valence-electron chi connectivity index (χ0n) is 6.13. The van der Waals surface area contributed by atoms with Crippen LogP contribution in [0.1, 0.15) is 6.42 Å². The van der Waals surface area contributed by atoms with Gasteiger partial charge in [-0.2, -0.15) is 0 Å². The van der Waals surface area contributed by atoms with Gasteiger partial charge in [-0.05, 0) is 14.1 Å². The highest BCUT2D eigenvalue weighted by atomic mass is 32.2. The third kappa shape index (κ3) is 2.56. The second-order valence-corrected chi connectivity index (χ2v) is 4.25. The molecule has 2 nitrogen and oxygen atoms in total. The first-order valence-corrected chi connectivity index (χ1v) is 4.28. The maximum Gasteiger partial charge on any atom is 0.0891 e. The number of quaternary nitrogens is 1. The summed E-state index contributed by atoms with van der Waals surface area (Å²) in [6, 6.07) is 0. The Morgan fingerprint density at radius 2 is 2.33 bits per heavy atom. The SMILES string of the molecule is CN(C)SC1CC[NH2+]C1.